The van der Waals surface area contributed by atoms with Crippen LogP contribution in [0.4, 0.5) is 0 Å². The molecule has 2 aliphatic heterocycles. The van der Waals surface area contributed by atoms with Crippen LogP contribution in [0, 0.1) is 0 Å². The second kappa shape index (κ2) is 4.23. The number of hydrogen-bond donors (Lipinski definition) is 0. The van der Waals surface area contributed by atoms with Crippen molar-refractivity contribution in [1.29, 1.82) is 0 Å². The summed E-state index contributed by atoms with van der Waals surface area (Å²) in [7, 11) is 3.10. The van der Waals surface area contributed by atoms with E-state index in [1.807, 2.05) is 13.8 Å². The minimum absolute atomic E-state index is 0.0331. The number of carbonyl (C=O) groups is 1. The van der Waals surface area contributed by atoms with Crippen LogP contribution in [-0.4, -0.2) is 62.4 Å². The summed E-state index contributed by atoms with van der Waals surface area (Å²) in [5.41, 5.74) is -0.984. The van der Waals surface area contributed by atoms with Crippen molar-refractivity contribution < 1.29 is 28.5 Å². The predicted molar refractivity (Wildman–Crippen MR) is 63.7 cm³/mol. The highest BCUT2D eigenvalue weighted by Gasteiger charge is 2.65. The molecule has 0 radical (unpaired) electrons. The minimum atomic E-state index is -0.984. The monoisotopic (exact) mass is 272 g/mol. The molecular formula is C13H20O6. The first kappa shape index (κ1) is 13.5. The SMILES string of the molecule is CO[C@H]1[C@H]2OC(C)(C)O[C@H]2[C@@H]2C[C@@]1(OC)C(=O)CO2. The van der Waals surface area contributed by atoms with Crippen LogP contribution in [0.25, 0.3) is 0 Å². The summed E-state index contributed by atoms with van der Waals surface area (Å²) >= 11 is 0. The Bertz CT molecular complexity index is 395. The van der Waals surface area contributed by atoms with Crippen molar-refractivity contribution in [3.8, 4) is 0 Å². The number of Topliss-reactive ketones (excluding diaryl/α,β-unsaturated/α-hetero) is 1. The van der Waals surface area contributed by atoms with Crippen molar-refractivity contribution in [3.63, 3.8) is 0 Å². The Hall–Kier alpha value is -0.530. The van der Waals surface area contributed by atoms with E-state index in [0.29, 0.717) is 6.42 Å². The third kappa shape index (κ3) is 1.78. The molecule has 6 nitrogen and oxygen atoms in total. The van der Waals surface area contributed by atoms with Gasteiger partial charge in [0.1, 0.15) is 24.9 Å². The lowest BCUT2D eigenvalue weighted by molar-refractivity contribution is -0.236. The van der Waals surface area contributed by atoms with E-state index in [1.54, 1.807) is 7.11 Å². The maximum Gasteiger partial charge on any atom is 0.193 e. The molecule has 0 aromatic heterocycles. The summed E-state index contributed by atoms with van der Waals surface area (Å²) in [6.07, 6.45) is -0.812. The van der Waals surface area contributed by atoms with E-state index in [9.17, 15) is 4.79 Å². The summed E-state index contributed by atoms with van der Waals surface area (Å²) in [6.45, 7) is 3.73. The predicted octanol–water partition coefficient (Wildman–Crippen LogP) is 0.278. The van der Waals surface area contributed by atoms with Gasteiger partial charge in [0.25, 0.3) is 0 Å². The van der Waals surface area contributed by atoms with Gasteiger partial charge in [-0.2, -0.15) is 0 Å². The van der Waals surface area contributed by atoms with Crippen LogP contribution in [0.1, 0.15) is 20.3 Å². The highest BCUT2D eigenvalue weighted by Crippen LogP contribution is 2.46. The van der Waals surface area contributed by atoms with Crippen LogP contribution in [0.5, 0.6) is 0 Å². The van der Waals surface area contributed by atoms with Gasteiger partial charge >= 0.3 is 0 Å². The first-order chi connectivity index (χ1) is 8.93. The zero-order valence-corrected chi connectivity index (χ0v) is 11.7. The van der Waals surface area contributed by atoms with Crippen LogP contribution in [-0.2, 0) is 28.5 Å². The van der Waals surface area contributed by atoms with Gasteiger partial charge < -0.3 is 23.7 Å². The van der Waals surface area contributed by atoms with Crippen molar-refractivity contribution in [1.82, 2.24) is 0 Å². The molecule has 0 spiro atoms. The van der Waals surface area contributed by atoms with Crippen molar-refractivity contribution >= 4 is 5.78 Å². The maximum atomic E-state index is 12.3. The molecule has 2 bridgehead atoms. The topological polar surface area (TPSA) is 63.2 Å². The first-order valence-corrected chi connectivity index (χ1v) is 6.52. The Labute approximate surface area is 112 Å². The highest BCUT2D eigenvalue weighted by atomic mass is 16.8. The van der Waals surface area contributed by atoms with Gasteiger partial charge in [0.05, 0.1) is 6.10 Å². The molecule has 0 unspecified atom stereocenters. The lowest BCUT2D eigenvalue weighted by Gasteiger charge is -2.50. The molecule has 0 N–H and O–H groups in total. The van der Waals surface area contributed by atoms with Crippen molar-refractivity contribution in [2.45, 2.75) is 56.1 Å². The molecule has 0 aromatic carbocycles. The Balaban J connectivity index is 2.00. The van der Waals surface area contributed by atoms with E-state index in [0.717, 1.165) is 0 Å². The van der Waals surface area contributed by atoms with E-state index in [1.165, 1.54) is 7.11 Å². The largest absolute Gasteiger partial charge is 0.375 e. The van der Waals surface area contributed by atoms with Gasteiger partial charge in [-0.25, -0.2) is 0 Å². The number of ketones is 1. The van der Waals surface area contributed by atoms with Gasteiger partial charge in [-0.1, -0.05) is 0 Å². The molecule has 2 saturated heterocycles. The van der Waals surface area contributed by atoms with E-state index in [-0.39, 0.29) is 30.7 Å². The highest BCUT2D eigenvalue weighted by molar-refractivity contribution is 5.90. The van der Waals surface area contributed by atoms with Crippen LogP contribution in [0.15, 0.2) is 0 Å². The number of carbonyl (C=O) groups excluding carboxylic acids is 1. The van der Waals surface area contributed by atoms with E-state index < -0.39 is 17.5 Å². The average molecular weight is 272 g/mol. The normalized spacial score (nSPS) is 48.1. The molecule has 3 fully saturated rings. The quantitative estimate of drug-likeness (QED) is 0.719. The van der Waals surface area contributed by atoms with E-state index in [4.69, 9.17) is 23.7 Å². The van der Waals surface area contributed by atoms with Gasteiger partial charge in [-0.3, -0.25) is 4.79 Å². The van der Waals surface area contributed by atoms with E-state index >= 15 is 0 Å². The number of fused-ring (bicyclic) bond motifs is 4. The van der Waals surface area contributed by atoms with Gasteiger partial charge in [-0.05, 0) is 13.8 Å². The van der Waals surface area contributed by atoms with E-state index in [2.05, 4.69) is 0 Å². The van der Waals surface area contributed by atoms with Gasteiger partial charge in [0.15, 0.2) is 17.2 Å². The number of methoxy groups -OCH3 is 2. The van der Waals surface area contributed by atoms with Crippen LogP contribution in [0.2, 0.25) is 0 Å². The smallest absolute Gasteiger partial charge is 0.193 e. The van der Waals surface area contributed by atoms with Crippen LogP contribution >= 0.6 is 0 Å². The molecule has 0 aromatic rings. The summed E-state index contributed by atoms with van der Waals surface area (Å²) in [5.74, 6) is -0.796. The van der Waals surface area contributed by atoms with Gasteiger partial charge in [-0.15, -0.1) is 0 Å². The molecule has 1 saturated carbocycles. The Morgan fingerprint density at radius 3 is 2.53 bits per heavy atom. The third-order valence-corrected chi connectivity index (χ3v) is 4.31. The fraction of sp³-hybridized carbons (Fsp3) is 0.923. The van der Waals surface area contributed by atoms with Crippen LogP contribution in [0.3, 0.4) is 0 Å². The molecule has 2 heterocycles. The fourth-order valence-electron chi connectivity index (χ4n) is 3.50. The standard InChI is InChI=1S/C13H20O6/c1-12(2)18-9-7-5-13(16-4,8(14)6-17-7)11(15-3)10(9)19-12/h7,9-11H,5-6H2,1-4H3/t7-,9-,10-,11-,13+/m0/s1. The Morgan fingerprint density at radius 1 is 1.21 bits per heavy atom. The zero-order chi connectivity index (χ0) is 13.8. The van der Waals surface area contributed by atoms with Crippen molar-refractivity contribution in [2.24, 2.45) is 0 Å². The lowest BCUT2D eigenvalue weighted by Crippen LogP contribution is -2.70. The molecule has 3 aliphatic rings. The number of rotatable bonds is 2. The summed E-state index contributed by atoms with van der Waals surface area (Å²) < 4.78 is 28.5. The Morgan fingerprint density at radius 2 is 1.89 bits per heavy atom. The number of hydrogen-bond acceptors (Lipinski definition) is 6. The fourth-order valence-corrected chi connectivity index (χ4v) is 3.50. The van der Waals surface area contributed by atoms with Gasteiger partial charge in [0, 0.05) is 20.6 Å². The molecule has 5 atom stereocenters. The second-order valence-corrected chi connectivity index (χ2v) is 5.79. The molecule has 6 heteroatoms. The summed E-state index contributed by atoms with van der Waals surface area (Å²) in [5, 5.41) is 0. The number of ether oxygens (including phenoxy) is 5. The van der Waals surface area contributed by atoms with Gasteiger partial charge in [0.2, 0.25) is 0 Å². The molecule has 0 amide bonds. The minimum Gasteiger partial charge on any atom is -0.375 e. The zero-order valence-electron chi connectivity index (χ0n) is 11.7. The van der Waals surface area contributed by atoms with Crippen LogP contribution < -0.4 is 0 Å². The summed E-state index contributed by atoms with van der Waals surface area (Å²) in [4.78, 5) is 12.3. The molecule has 19 heavy (non-hydrogen) atoms. The van der Waals surface area contributed by atoms with Crippen molar-refractivity contribution in [3.05, 3.63) is 0 Å². The third-order valence-electron chi connectivity index (χ3n) is 4.31. The Kier molecular flexibility index (Phi) is 3.00. The first-order valence-electron chi connectivity index (χ1n) is 6.52. The molecule has 3 rings (SSSR count). The molecule has 1 aliphatic carbocycles. The molecular weight excluding hydrogens is 252 g/mol. The maximum absolute atomic E-state index is 12.3. The summed E-state index contributed by atoms with van der Waals surface area (Å²) in [6, 6.07) is 0. The molecule has 108 valence electrons. The van der Waals surface area contributed by atoms with Crippen molar-refractivity contribution in [2.75, 3.05) is 20.8 Å². The average Bonchev–Trinajstić information content (AvgIpc) is 2.69. The lowest BCUT2D eigenvalue weighted by atomic mass is 9.73. The second-order valence-electron chi connectivity index (χ2n) is 5.79.